The average Bonchev–Trinajstić information content (AvgIpc) is 3.15. The van der Waals surface area contributed by atoms with Gasteiger partial charge in [0, 0.05) is 13.1 Å². The number of nitrogens with one attached hydrogen (secondary N) is 1. The highest BCUT2D eigenvalue weighted by molar-refractivity contribution is 5.85. The molecule has 1 fully saturated rings. The maximum atomic E-state index is 11.9. The van der Waals surface area contributed by atoms with E-state index in [1.165, 1.54) is 4.68 Å². The summed E-state index contributed by atoms with van der Waals surface area (Å²) in [6.45, 7) is 1.70. The van der Waals surface area contributed by atoms with Gasteiger partial charge in [0.2, 0.25) is 11.8 Å². The normalized spacial score (nSPS) is 14.6. The van der Waals surface area contributed by atoms with Gasteiger partial charge < -0.3 is 10.2 Å². The predicted octanol–water partition coefficient (Wildman–Crippen LogP) is 0.170. The number of carbonyl (C=O) groups is 2. The molecule has 7 heteroatoms. The Labute approximate surface area is 121 Å². The van der Waals surface area contributed by atoms with E-state index < -0.39 is 0 Å². The van der Waals surface area contributed by atoms with E-state index in [4.69, 9.17) is 0 Å². The van der Waals surface area contributed by atoms with Crippen LogP contribution in [0.5, 0.6) is 0 Å². The molecule has 0 bridgehead atoms. The quantitative estimate of drug-likeness (QED) is 0.869. The Morgan fingerprint density at radius 3 is 2.76 bits per heavy atom. The third kappa shape index (κ3) is 3.01. The summed E-state index contributed by atoms with van der Waals surface area (Å²) in [7, 11) is 0. The number of likely N-dealkylation sites (tertiary alicyclic amines) is 1. The van der Waals surface area contributed by atoms with Gasteiger partial charge in [-0.3, -0.25) is 9.59 Å². The summed E-state index contributed by atoms with van der Waals surface area (Å²) in [4.78, 5) is 25.5. The number of hydrogen-bond donors (Lipinski definition) is 1. The molecule has 7 nitrogen and oxygen atoms in total. The van der Waals surface area contributed by atoms with E-state index in [2.05, 4.69) is 15.6 Å². The summed E-state index contributed by atoms with van der Waals surface area (Å²) >= 11 is 0. The second-order valence-corrected chi connectivity index (χ2v) is 5.10. The first-order valence-electron chi connectivity index (χ1n) is 7.07. The summed E-state index contributed by atoms with van der Waals surface area (Å²) in [5.41, 5.74) is 1.55. The molecule has 1 aromatic heterocycles. The lowest BCUT2D eigenvalue weighted by Crippen LogP contribution is -2.39. The second kappa shape index (κ2) is 5.90. The number of para-hydroxylation sites is 1. The first-order valence-corrected chi connectivity index (χ1v) is 7.07. The molecule has 1 N–H and O–H groups in total. The fourth-order valence-electron chi connectivity index (χ4n) is 2.48. The fraction of sp³-hybridized carbons (Fsp3) is 0.429. The lowest BCUT2D eigenvalue weighted by Gasteiger charge is -2.15. The van der Waals surface area contributed by atoms with Gasteiger partial charge in [0.1, 0.15) is 12.1 Å². The molecule has 2 amide bonds. The first-order chi connectivity index (χ1) is 10.2. The smallest absolute Gasteiger partial charge is 0.242 e. The largest absolute Gasteiger partial charge is 0.345 e. The molecule has 1 saturated heterocycles. The third-order valence-electron chi connectivity index (χ3n) is 3.61. The Balaban J connectivity index is 1.55. The van der Waals surface area contributed by atoms with Crippen molar-refractivity contribution in [2.45, 2.75) is 19.4 Å². The number of amides is 2. The fourth-order valence-corrected chi connectivity index (χ4v) is 2.48. The standard InChI is InChI=1S/C14H17N5O2/c20-13(15-9-14(21)18-7-3-4-8-18)10-19-12-6-2-1-5-11(12)16-17-19/h1-2,5-6H,3-4,7-10H2,(H,15,20). The third-order valence-corrected chi connectivity index (χ3v) is 3.61. The van der Waals surface area contributed by atoms with E-state index in [9.17, 15) is 9.59 Å². The SMILES string of the molecule is O=C(Cn1nnc2ccccc21)NCC(=O)N1CCCC1. The second-order valence-electron chi connectivity index (χ2n) is 5.10. The maximum Gasteiger partial charge on any atom is 0.242 e. The highest BCUT2D eigenvalue weighted by atomic mass is 16.2. The van der Waals surface area contributed by atoms with E-state index in [1.54, 1.807) is 4.90 Å². The van der Waals surface area contributed by atoms with E-state index in [-0.39, 0.29) is 24.9 Å². The summed E-state index contributed by atoms with van der Waals surface area (Å²) in [5.74, 6) is -0.262. The van der Waals surface area contributed by atoms with Crippen LogP contribution < -0.4 is 5.32 Å². The van der Waals surface area contributed by atoms with Crippen LogP contribution in [0, 0.1) is 0 Å². The molecular formula is C14H17N5O2. The van der Waals surface area contributed by atoms with E-state index in [0.717, 1.165) is 37.0 Å². The molecule has 1 aliphatic rings. The average molecular weight is 287 g/mol. The number of carbonyl (C=O) groups excluding carboxylic acids is 2. The highest BCUT2D eigenvalue weighted by Gasteiger charge is 2.18. The summed E-state index contributed by atoms with van der Waals surface area (Å²) in [6, 6.07) is 7.44. The van der Waals surface area contributed by atoms with Crippen molar-refractivity contribution in [1.29, 1.82) is 0 Å². The Kier molecular flexibility index (Phi) is 3.81. The van der Waals surface area contributed by atoms with Gasteiger partial charge in [0.15, 0.2) is 0 Å². The number of fused-ring (bicyclic) bond motifs is 1. The first kappa shape index (κ1) is 13.5. The number of nitrogens with zero attached hydrogens (tertiary/aromatic N) is 4. The molecule has 2 aromatic rings. The van der Waals surface area contributed by atoms with Gasteiger partial charge in [-0.1, -0.05) is 17.3 Å². The zero-order valence-corrected chi connectivity index (χ0v) is 11.7. The topological polar surface area (TPSA) is 80.1 Å². The maximum absolute atomic E-state index is 11.9. The molecule has 0 atom stereocenters. The summed E-state index contributed by atoms with van der Waals surface area (Å²) in [6.07, 6.45) is 2.09. The summed E-state index contributed by atoms with van der Waals surface area (Å²) in [5, 5.41) is 10.6. The number of aromatic nitrogens is 3. The minimum absolute atomic E-state index is 0.0238. The van der Waals surface area contributed by atoms with Gasteiger partial charge in [-0.25, -0.2) is 4.68 Å². The van der Waals surface area contributed by atoms with Crippen LogP contribution in [0.2, 0.25) is 0 Å². The van der Waals surface area contributed by atoms with Crippen LogP contribution in [0.15, 0.2) is 24.3 Å². The Bertz CT molecular complexity index is 660. The van der Waals surface area contributed by atoms with Gasteiger partial charge in [-0.05, 0) is 25.0 Å². The van der Waals surface area contributed by atoms with E-state index >= 15 is 0 Å². The van der Waals surface area contributed by atoms with Crippen LogP contribution >= 0.6 is 0 Å². The molecule has 1 aliphatic heterocycles. The van der Waals surface area contributed by atoms with Crippen LogP contribution in [0.3, 0.4) is 0 Å². The molecule has 2 heterocycles. The lowest BCUT2D eigenvalue weighted by molar-refractivity contribution is -0.132. The Hall–Kier alpha value is -2.44. The van der Waals surface area contributed by atoms with Crippen LogP contribution in [-0.4, -0.2) is 51.3 Å². The molecule has 110 valence electrons. The predicted molar refractivity (Wildman–Crippen MR) is 76.4 cm³/mol. The minimum atomic E-state index is -0.238. The molecule has 0 radical (unpaired) electrons. The van der Waals surface area contributed by atoms with Gasteiger partial charge in [-0.15, -0.1) is 5.10 Å². The van der Waals surface area contributed by atoms with Crippen molar-refractivity contribution >= 4 is 22.8 Å². The molecule has 0 spiro atoms. The zero-order valence-electron chi connectivity index (χ0n) is 11.7. The van der Waals surface area contributed by atoms with Gasteiger partial charge >= 0.3 is 0 Å². The highest BCUT2D eigenvalue weighted by Crippen LogP contribution is 2.09. The molecule has 0 aliphatic carbocycles. The molecular weight excluding hydrogens is 270 g/mol. The Morgan fingerprint density at radius 1 is 1.19 bits per heavy atom. The summed E-state index contributed by atoms with van der Waals surface area (Å²) < 4.78 is 1.53. The van der Waals surface area contributed by atoms with Crippen molar-refractivity contribution < 1.29 is 9.59 Å². The van der Waals surface area contributed by atoms with Crippen molar-refractivity contribution in [3.05, 3.63) is 24.3 Å². The zero-order chi connectivity index (χ0) is 14.7. The monoisotopic (exact) mass is 287 g/mol. The van der Waals surface area contributed by atoms with E-state index in [0.29, 0.717) is 0 Å². The lowest BCUT2D eigenvalue weighted by atomic mass is 10.3. The van der Waals surface area contributed by atoms with Crippen molar-refractivity contribution in [3.63, 3.8) is 0 Å². The molecule has 1 aromatic carbocycles. The molecule has 0 saturated carbocycles. The number of benzene rings is 1. The van der Waals surface area contributed by atoms with Crippen molar-refractivity contribution in [2.24, 2.45) is 0 Å². The van der Waals surface area contributed by atoms with Crippen LogP contribution in [-0.2, 0) is 16.1 Å². The minimum Gasteiger partial charge on any atom is -0.345 e. The van der Waals surface area contributed by atoms with Gasteiger partial charge in [-0.2, -0.15) is 0 Å². The van der Waals surface area contributed by atoms with E-state index in [1.807, 2.05) is 24.3 Å². The number of rotatable bonds is 4. The van der Waals surface area contributed by atoms with Crippen molar-refractivity contribution in [1.82, 2.24) is 25.2 Å². The van der Waals surface area contributed by atoms with Crippen LogP contribution in [0.1, 0.15) is 12.8 Å². The van der Waals surface area contributed by atoms with Crippen LogP contribution in [0.25, 0.3) is 11.0 Å². The van der Waals surface area contributed by atoms with Crippen molar-refractivity contribution in [2.75, 3.05) is 19.6 Å². The van der Waals surface area contributed by atoms with Gasteiger partial charge in [0.05, 0.1) is 12.1 Å². The molecule has 3 rings (SSSR count). The molecule has 0 unspecified atom stereocenters. The van der Waals surface area contributed by atoms with Crippen LogP contribution in [0.4, 0.5) is 0 Å². The Morgan fingerprint density at radius 2 is 1.95 bits per heavy atom. The number of hydrogen-bond acceptors (Lipinski definition) is 4. The van der Waals surface area contributed by atoms with Gasteiger partial charge in [0.25, 0.3) is 0 Å². The molecule has 21 heavy (non-hydrogen) atoms. The van der Waals surface area contributed by atoms with Crippen molar-refractivity contribution in [3.8, 4) is 0 Å².